The molecule has 1 fully saturated rings. The third kappa shape index (κ3) is 2.40. The van der Waals surface area contributed by atoms with E-state index in [2.05, 4.69) is 31.9 Å². The van der Waals surface area contributed by atoms with Crippen molar-refractivity contribution >= 4 is 38.2 Å². The maximum absolute atomic E-state index is 9.62. The minimum absolute atomic E-state index is 0.183. The molecule has 1 aromatic carbocycles. The fourth-order valence-corrected chi connectivity index (χ4v) is 2.97. The molecular weight excluding hydrogens is 306 g/mol. The quantitative estimate of drug-likeness (QED) is 0.847. The third-order valence-corrected chi connectivity index (χ3v) is 4.10. The highest BCUT2D eigenvalue weighted by Crippen LogP contribution is 2.34. The fraction of sp³-hybridized carbons (Fsp3) is 0.357. The number of aliphatic hydroxyl groups is 1. The number of anilines is 2. The number of nitrogens with two attached hydrogens (primary N) is 1. The van der Waals surface area contributed by atoms with Gasteiger partial charge in [-0.05, 0) is 31.0 Å². The lowest BCUT2D eigenvalue weighted by Crippen LogP contribution is -2.36. The summed E-state index contributed by atoms with van der Waals surface area (Å²) in [4.78, 5) is 6.62. The van der Waals surface area contributed by atoms with E-state index in [0.717, 1.165) is 47.0 Å². The van der Waals surface area contributed by atoms with Crippen LogP contribution in [-0.4, -0.2) is 29.3 Å². The number of aliphatic hydroxyl groups excluding tert-OH is 1. The van der Waals surface area contributed by atoms with Crippen LogP contribution in [0.5, 0.6) is 0 Å². The predicted molar refractivity (Wildman–Crippen MR) is 81.3 cm³/mol. The zero-order valence-electron chi connectivity index (χ0n) is 10.5. The van der Waals surface area contributed by atoms with Gasteiger partial charge in [0, 0.05) is 22.9 Å². The molecule has 0 aliphatic carbocycles. The molecule has 1 aliphatic heterocycles. The molecule has 0 radical (unpaired) electrons. The van der Waals surface area contributed by atoms with Crippen LogP contribution in [-0.2, 0) is 0 Å². The Balaban J connectivity index is 2.10. The molecule has 0 spiro atoms. The molecule has 1 saturated heterocycles. The van der Waals surface area contributed by atoms with Crippen molar-refractivity contribution in [3.63, 3.8) is 0 Å². The number of benzene rings is 1. The fourth-order valence-electron chi connectivity index (χ4n) is 2.61. The summed E-state index contributed by atoms with van der Waals surface area (Å²) >= 11 is 3.50. The van der Waals surface area contributed by atoms with Crippen LogP contribution >= 0.6 is 15.9 Å². The lowest BCUT2D eigenvalue weighted by molar-refractivity contribution is 0.145. The van der Waals surface area contributed by atoms with Gasteiger partial charge in [-0.15, -0.1) is 0 Å². The van der Waals surface area contributed by atoms with E-state index in [9.17, 15) is 5.11 Å². The SMILES string of the molecule is Nc1cnc2ccc(Br)cc2c1N1CCC(O)CC1. The average Bonchev–Trinajstić information content (AvgIpc) is 2.40. The average molecular weight is 322 g/mol. The van der Waals surface area contributed by atoms with E-state index in [1.165, 1.54) is 0 Å². The molecule has 0 atom stereocenters. The van der Waals surface area contributed by atoms with Gasteiger partial charge in [0.25, 0.3) is 0 Å². The standard InChI is InChI=1S/C14H16BrN3O/c15-9-1-2-13-11(7-9)14(12(16)8-17-13)18-5-3-10(19)4-6-18/h1-2,7-8,10,19H,3-6,16H2. The van der Waals surface area contributed by atoms with Crippen molar-refractivity contribution in [1.82, 2.24) is 4.98 Å². The first-order valence-electron chi connectivity index (χ1n) is 6.42. The molecule has 1 aliphatic rings. The van der Waals surface area contributed by atoms with E-state index in [1.54, 1.807) is 6.20 Å². The van der Waals surface area contributed by atoms with E-state index in [1.807, 2.05) is 12.1 Å². The van der Waals surface area contributed by atoms with Crippen molar-refractivity contribution in [3.8, 4) is 0 Å². The predicted octanol–water partition coefficient (Wildman–Crippen LogP) is 2.54. The Bertz CT molecular complexity index is 604. The first-order valence-corrected chi connectivity index (χ1v) is 7.21. The Morgan fingerprint density at radius 2 is 2.05 bits per heavy atom. The summed E-state index contributed by atoms with van der Waals surface area (Å²) in [6, 6.07) is 6.02. The Morgan fingerprint density at radius 3 is 2.79 bits per heavy atom. The normalized spacial score (nSPS) is 17.1. The molecule has 3 N–H and O–H groups in total. The lowest BCUT2D eigenvalue weighted by Gasteiger charge is -2.33. The van der Waals surface area contributed by atoms with Crippen LogP contribution in [0.1, 0.15) is 12.8 Å². The smallest absolute Gasteiger partial charge is 0.0745 e. The molecule has 0 unspecified atom stereocenters. The Kier molecular flexibility index (Phi) is 3.33. The van der Waals surface area contributed by atoms with Gasteiger partial charge >= 0.3 is 0 Å². The van der Waals surface area contributed by atoms with E-state index < -0.39 is 0 Å². The number of hydrogen-bond donors (Lipinski definition) is 2. The summed E-state index contributed by atoms with van der Waals surface area (Å²) in [5.41, 5.74) is 8.80. The molecule has 4 nitrogen and oxygen atoms in total. The minimum Gasteiger partial charge on any atom is -0.396 e. The van der Waals surface area contributed by atoms with Gasteiger partial charge in [0.15, 0.2) is 0 Å². The topological polar surface area (TPSA) is 62.4 Å². The van der Waals surface area contributed by atoms with Crippen LogP contribution in [0.2, 0.25) is 0 Å². The largest absolute Gasteiger partial charge is 0.396 e. The Labute approximate surface area is 120 Å². The molecule has 0 amide bonds. The van der Waals surface area contributed by atoms with Gasteiger partial charge in [-0.3, -0.25) is 4.98 Å². The number of rotatable bonds is 1. The number of pyridine rings is 1. The van der Waals surface area contributed by atoms with E-state index in [-0.39, 0.29) is 6.10 Å². The maximum atomic E-state index is 9.62. The number of nitrogens with zero attached hydrogens (tertiary/aromatic N) is 2. The van der Waals surface area contributed by atoms with Crippen molar-refractivity contribution in [2.45, 2.75) is 18.9 Å². The second-order valence-electron chi connectivity index (χ2n) is 4.94. The molecule has 0 saturated carbocycles. The maximum Gasteiger partial charge on any atom is 0.0745 e. The molecule has 19 heavy (non-hydrogen) atoms. The first kappa shape index (κ1) is 12.7. The van der Waals surface area contributed by atoms with Gasteiger partial charge in [-0.2, -0.15) is 0 Å². The monoisotopic (exact) mass is 321 g/mol. The summed E-state index contributed by atoms with van der Waals surface area (Å²) in [6.45, 7) is 1.66. The highest BCUT2D eigenvalue weighted by atomic mass is 79.9. The Hall–Kier alpha value is -1.33. The van der Waals surface area contributed by atoms with Gasteiger partial charge in [-0.1, -0.05) is 15.9 Å². The Morgan fingerprint density at radius 1 is 1.32 bits per heavy atom. The number of hydrogen-bond acceptors (Lipinski definition) is 4. The second-order valence-corrected chi connectivity index (χ2v) is 5.86. The van der Waals surface area contributed by atoms with Crippen molar-refractivity contribution in [2.75, 3.05) is 23.7 Å². The van der Waals surface area contributed by atoms with Gasteiger partial charge in [0.1, 0.15) is 0 Å². The second kappa shape index (κ2) is 4.98. The molecule has 3 rings (SSSR count). The van der Waals surface area contributed by atoms with E-state index in [0.29, 0.717) is 5.69 Å². The van der Waals surface area contributed by atoms with Gasteiger partial charge < -0.3 is 15.7 Å². The van der Waals surface area contributed by atoms with Crippen LogP contribution in [0.4, 0.5) is 11.4 Å². The molecular formula is C14H16BrN3O. The summed E-state index contributed by atoms with van der Waals surface area (Å²) in [6.07, 6.45) is 3.11. The highest BCUT2D eigenvalue weighted by molar-refractivity contribution is 9.10. The number of aromatic nitrogens is 1. The summed E-state index contributed by atoms with van der Waals surface area (Å²) in [5, 5.41) is 10.7. The zero-order valence-corrected chi connectivity index (χ0v) is 12.1. The third-order valence-electron chi connectivity index (χ3n) is 3.61. The number of fused-ring (bicyclic) bond motifs is 1. The summed E-state index contributed by atoms with van der Waals surface area (Å²) < 4.78 is 1.02. The number of halogens is 1. The van der Waals surface area contributed by atoms with Crippen LogP contribution in [0.25, 0.3) is 10.9 Å². The van der Waals surface area contributed by atoms with Gasteiger partial charge in [0.05, 0.1) is 29.2 Å². The van der Waals surface area contributed by atoms with Gasteiger partial charge in [0.2, 0.25) is 0 Å². The van der Waals surface area contributed by atoms with Crippen molar-refractivity contribution in [2.24, 2.45) is 0 Å². The number of nitrogen functional groups attached to an aromatic ring is 1. The molecule has 2 heterocycles. The molecule has 5 heteroatoms. The van der Waals surface area contributed by atoms with Crippen molar-refractivity contribution in [1.29, 1.82) is 0 Å². The van der Waals surface area contributed by atoms with Crippen LogP contribution < -0.4 is 10.6 Å². The van der Waals surface area contributed by atoms with Crippen LogP contribution in [0.15, 0.2) is 28.9 Å². The number of piperidine rings is 1. The van der Waals surface area contributed by atoms with Gasteiger partial charge in [-0.25, -0.2) is 0 Å². The zero-order chi connectivity index (χ0) is 13.4. The van der Waals surface area contributed by atoms with Crippen molar-refractivity contribution < 1.29 is 5.11 Å². The highest BCUT2D eigenvalue weighted by Gasteiger charge is 2.21. The minimum atomic E-state index is -0.183. The van der Waals surface area contributed by atoms with Crippen molar-refractivity contribution in [3.05, 3.63) is 28.9 Å². The summed E-state index contributed by atoms with van der Waals surface area (Å²) in [7, 11) is 0. The van der Waals surface area contributed by atoms with E-state index in [4.69, 9.17) is 5.73 Å². The van der Waals surface area contributed by atoms with Crippen LogP contribution in [0.3, 0.4) is 0 Å². The first-order chi connectivity index (χ1) is 9.15. The van der Waals surface area contributed by atoms with E-state index >= 15 is 0 Å². The lowest BCUT2D eigenvalue weighted by atomic mass is 10.1. The molecule has 2 aromatic rings. The molecule has 100 valence electrons. The summed E-state index contributed by atoms with van der Waals surface area (Å²) in [5.74, 6) is 0. The molecule has 1 aromatic heterocycles. The van der Waals surface area contributed by atoms with Crippen LogP contribution in [0, 0.1) is 0 Å². The molecule has 0 bridgehead atoms.